The zero-order chi connectivity index (χ0) is 13.5. The highest BCUT2D eigenvalue weighted by atomic mass is 16.5. The van der Waals surface area contributed by atoms with E-state index in [9.17, 15) is 4.79 Å². The van der Waals surface area contributed by atoms with E-state index in [0.717, 1.165) is 11.3 Å². The van der Waals surface area contributed by atoms with Gasteiger partial charge in [-0.05, 0) is 30.7 Å². The lowest BCUT2D eigenvalue weighted by Gasteiger charge is -2.02. The van der Waals surface area contributed by atoms with E-state index in [1.807, 2.05) is 36.4 Å². The minimum atomic E-state index is -0.320. The lowest BCUT2D eigenvalue weighted by atomic mass is 10.2. The average molecular weight is 253 g/mol. The number of hydrogen-bond acceptors (Lipinski definition) is 3. The van der Waals surface area contributed by atoms with Gasteiger partial charge >= 0.3 is 5.97 Å². The lowest BCUT2D eigenvalue weighted by molar-refractivity contribution is 0.0526. The number of nitrogens with zero attached hydrogens (tertiary/aromatic N) is 1. The van der Waals surface area contributed by atoms with Gasteiger partial charge in [0.05, 0.1) is 17.9 Å². The van der Waals surface area contributed by atoms with Crippen molar-refractivity contribution in [3.63, 3.8) is 0 Å². The van der Waals surface area contributed by atoms with E-state index < -0.39 is 0 Å². The van der Waals surface area contributed by atoms with Crippen molar-refractivity contribution in [2.24, 2.45) is 4.99 Å². The molecule has 0 bridgehead atoms. The molecule has 0 spiro atoms. The topological polar surface area (TPSA) is 38.7 Å². The first kappa shape index (κ1) is 13.0. The molecule has 19 heavy (non-hydrogen) atoms. The summed E-state index contributed by atoms with van der Waals surface area (Å²) in [6.45, 7) is 2.16. The number of aliphatic imine (C=N–C) groups is 1. The van der Waals surface area contributed by atoms with Gasteiger partial charge in [0.25, 0.3) is 0 Å². The maximum absolute atomic E-state index is 11.6. The molecular weight excluding hydrogens is 238 g/mol. The van der Waals surface area contributed by atoms with Crippen LogP contribution in [-0.4, -0.2) is 18.8 Å². The molecule has 96 valence electrons. The van der Waals surface area contributed by atoms with E-state index in [0.29, 0.717) is 12.2 Å². The zero-order valence-corrected chi connectivity index (χ0v) is 10.7. The summed E-state index contributed by atoms with van der Waals surface area (Å²) in [7, 11) is 0. The summed E-state index contributed by atoms with van der Waals surface area (Å²) in [5, 5.41) is 0. The minimum absolute atomic E-state index is 0.320. The Hall–Kier alpha value is -2.42. The average Bonchev–Trinajstić information content (AvgIpc) is 2.47. The van der Waals surface area contributed by atoms with Crippen molar-refractivity contribution in [3.05, 3.63) is 65.7 Å². The fraction of sp³-hybridized carbons (Fsp3) is 0.125. The third-order valence-electron chi connectivity index (χ3n) is 2.52. The molecule has 0 aromatic heterocycles. The Morgan fingerprint density at radius 2 is 1.95 bits per heavy atom. The molecule has 0 aliphatic heterocycles. The Morgan fingerprint density at radius 3 is 2.68 bits per heavy atom. The van der Waals surface area contributed by atoms with Gasteiger partial charge in [-0.15, -0.1) is 0 Å². The van der Waals surface area contributed by atoms with Gasteiger partial charge < -0.3 is 4.74 Å². The molecule has 2 rings (SSSR count). The first-order valence-electron chi connectivity index (χ1n) is 6.16. The molecule has 2 aromatic carbocycles. The molecule has 0 N–H and O–H groups in total. The second-order valence-electron chi connectivity index (χ2n) is 3.94. The van der Waals surface area contributed by atoms with Gasteiger partial charge in [0, 0.05) is 6.21 Å². The van der Waals surface area contributed by atoms with Crippen LogP contribution < -0.4 is 0 Å². The molecule has 0 radical (unpaired) electrons. The summed E-state index contributed by atoms with van der Waals surface area (Å²) in [5.41, 5.74) is 2.27. The van der Waals surface area contributed by atoms with E-state index in [1.54, 1.807) is 31.3 Å². The van der Waals surface area contributed by atoms with Gasteiger partial charge in [-0.2, -0.15) is 0 Å². The smallest absolute Gasteiger partial charge is 0.338 e. The molecule has 0 unspecified atom stereocenters. The van der Waals surface area contributed by atoms with Crippen molar-refractivity contribution in [1.29, 1.82) is 0 Å². The number of carbonyl (C=O) groups excluding carboxylic acids is 1. The van der Waals surface area contributed by atoms with Crippen LogP contribution >= 0.6 is 0 Å². The molecule has 0 amide bonds. The third kappa shape index (κ3) is 3.78. The molecule has 0 saturated carbocycles. The molecule has 0 fully saturated rings. The van der Waals surface area contributed by atoms with Crippen molar-refractivity contribution in [3.8, 4) is 0 Å². The Kier molecular flexibility index (Phi) is 4.45. The molecule has 3 nitrogen and oxygen atoms in total. The molecular formula is C16H15NO2. The first-order valence-corrected chi connectivity index (χ1v) is 6.16. The predicted molar refractivity (Wildman–Crippen MR) is 76.1 cm³/mol. The Bertz CT molecular complexity index is 576. The van der Waals surface area contributed by atoms with Crippen LogP contribution in [0.3, 0.4) is 0 Å². The normalized spacial score (nSPS) is 10.6. The van der Waals surface area contributed by atoms with Crippen LogP contribution in [0.1, 0.15) is 22.8 Å². The van der Waals surface area contributed by atoms with Crippen LogP contribution in [0.4, 0.5) is 5.69 Å². The molecule has 2 aromatic rings. The van der Waals surface area contributed by atoms with E-state index in [4.69, 9.17) is 4.74 Å². The van der Waals surface area contributed by atoms with Crippen molar-refractivity contribution in [2.75, 3.05) is 6.61 Å². The van der Waals surface area contributed by atoms with Gasteiger partial charge in [-0.3, -0.25) is 4.99 Å². The quantitative estimate of drug-likeness (QED) is 0.616. The van der Waals surface area contributed by atoms with Gasteiger partial charge in [-0.1, -0.05) is 36.4 Å². The summed E-state index contributed by atoms with van der Waals surface area (Å²) >= 11 is 0. The molecule has 0 aliphatic rings. The molecule has 0 saturated heterocycles. The fourth-order valence-corrected chi connectivity index (χ4v) is 1.62. The highest BCUT2D eigenvalue weighted by Gasteiger charge is 2.05. The number of hydrogen-bond donors (Lipinski definition) is 0. The highest BCUT2D eigenvalue weighted by molar-refractivity contribution is 5.91. The molecule has 0 atom stereocenters. The Morgan fingerprint density at radius 1 is 1.16 bits per heavy atom. The SMILES string of the molecule is CCOC(=O)c1cccc(/N=C/c2ccccc2)c1. The number of ether oxygens (including phenoxy) is 1. The van der Waals surface area contributed by atoms with Crippen LogP contribution in [0.5, 0.6) is 0 Å². The third-order valence-corrected chi connectivity index (χ3v) is 2.52. The molecule has 0 heterocycles. The van der Waals surface area contributed by atoms with Gasteiger partial charge in [0.1, 0.15) is 0 Å². The van der Waals surface area contributed by atoms with Crippen molar-refractivity contribution in [2.45, 2.75) is 6.92 Å². The standard InChI is InChI=1S/C16H15NO2/c1-2-19-16(18)14-9-6-10-15(11-14)17-12-13-7-4-3-5-8-13/h3-12H,2H2,1H3/b17-12+. The van der Waals surface area contributed by atoms with Gasteiger partial charge in [0.2, 0.25) is 0 Å². The fourth-order valence-electron chi connectivity index (χ4n) is 1.62. The van der Waals surface area contributed by atoms with E-state index in [2.05, 4.69) is 4.99 Å². The van der Waals surface area contributed by atoms with Gasteiger partial charge in [-0.25, -0.2) is 4.79 Å². The van der Waals surface area contributed by atoms with Gasteiger partial charge in [0.15, 0.2) is 0 Å². The first-order chi connectivity index (χ1) is 9.29. The van der Waals surface area contributed by atoms with Crippen LogP contribution in [-0.2, 0) is 4.74 Å². The second-order valence-corrected chi connectivity index (χ2v) is 3.94. The highest BCUT2D eigenvalue weighted by Crippen LogP contribution is 2.15. The summed E-state index contributed by atoms with van der Waals surface area (Å²) < 4.78 is 4.95. The summed E-state index contributed by atoms with van der Waals surface area (Å²) in [6, 6.07) is 16.9. The number of carbonyl (C=O) groups is 1. The van der Waals surface area contributed by atoms with Crippen LogP contribution in [0.15, 0.2) is 59.6 Å². The Labute approximate surface area is 112 Å². The summed E-state index contributed by atoms with van der Waals surface area (Å²) in [4.78, 5) is 15.9. The number of benzene rings is 2. The largest absolute Gasteiger partial charge is 0.462 e. The van der Waals surface area contributed by atoms with Crippen molar-refractivity contribution >= 4 is 17.9 Å². The van der Waals surface area contributed by atoms with E-state index in [1.165, 1.54) is 0 Å². The monoisotopic (exact) mass is 253 g/mol. The number of esters is 1. The van der Waals surface area contributed by atoms with Crippen molar-refractivity contribution < 1.29 is 9.53 Å². The molecule has 3 heteroatoms. The van der Waals surface area contributed by atoms with Crippen molar-refractivity contribution in [1.82, 2.24) is 0 Å². The zero-order valence-electron chi connectivity index (χ0n) is 10.7. The van der Waals surface area contributed by atoms with Crippen LogP contribution in [0.25, 0.3) is 0 Å². The lowest BCUT2D eigenvalue weighted by Crippen LogP contribution is -2.03. The second kappa shape index (κ2) is 6.50. The molecule has 0 aliphatic carbocycles. The maximum Gasteiger partial charge on any atom is 0.338 e. The van der Waals surface area contributed by atoms with Crippen LogP contribution in [0.2, 0.25) is 0 Å². The maximum atomic E-state index is 11.6. The number of rotatable bonds is 4. The van der Waals surface area contributed by atoms with E-state index >= 15 is 0 Å². The Balaban J connectivity index is 2.15. The predicted octanol–water partition coefficient (Wildman–Crippen LogP) is 3.61. The van der Waals surface area contributed by atoms with E-state index in [-0.39, 0.29) is 5.97 Å². The summed E-state index contributed by atoms with van der Waals surface area (Å²) in [6.07, 6.45) is 1.77. The summed E-state index contributed by atoms with van der Waals surface area (Å²) in [5.74, 6) is -0.320. The minimum Gasteiger partial charge on any atom is -0.462 e. The van der Waals surface area contributed by atoms with Crippen LogP contribution in [0, 0.1) is 0 Å².